The number of rotatable bonds is 2. The highest BCUT2D eigenvalue weighted by atomic mass is 16.5. The van der Waals surface area contributed by atoms with Crippen molar-refractivity contribution in [1.29, 1.82) is 0 Å². The molecule has 0 spiro atoms. The minimum absolute atomic E-state index is 0.000202. The number of Topliss-reactive ketones (excluding diaryl/α,β-unsaturated/α-hetero) is 2. The molecule has 0 saturated heterocycles. The Morgan fingerprint density at radius 3 is 2.48 bits per heavy atom. The first kappa shape index (κ1) is 19.1. The van der Waals surface area contributed by atoms with Crippen LogP contribution in [0.5, 0.6) is 0 Å². The number of hydrogen-bond donors (Lipinski definition) is 1. The van der Waals surface area contributed by atoms with Crippen LogP contribution in [0.2, 0.25) is 0 Å². The zero-order chi connectivity index (χ0) is 19.6. The Morgan fingerprint density at radius 2 is 1.81 bits per heavy atom. The predicted octanol–water partition coefficient (Wildman–Crippen LogP) is 3.07. The molecule has 4 saturated carbocycles. The minimum Gasteiger partial charge on any atom is -0.463 e. The Labute approximate surface area is 161 Å². The van der Waals surface area contributed by atoms with E-state index in [0.717, 1.165) is 38.5 Å². The topological polar surface area (TPSA) is 80.7 Å². The Bertz CT molecular complexity index is 672. The number of aliphatic hydroxyl groups is 1. The van der Waals surface area contributed by atoms with Gasteiger partial charge in [-0.05, 0) is 81.0 Å². The highest BCUT2D eigenvalue weighted by Gasteiger charge is 2.67. The molecule has 0 radical (unpaired) electrons. The molecular weight excluding hydrogens is 344 g/mol. The molecule has 0 aliphatic heterocycles. The molecule has 0 aromatic rings. The van der Waals surface area contributed by atoms with Crippen molar-refractivity contribution in [2.75, 3.05) is 0 Å². The molecule has 4 fully saturated rings. The summed E-state index contributed by atoms with van der Waals surface area (Å²) >= 11 is 0. The van der Waals surface area contributed by atoms with E-state index in [4.69, 9.17) is 4.74 Å². The van der Waals surface area contributed by atoms with Gasteiger partial charge in [0.05, 0.1) is 6.10 Å². The van der Waals surface area contributed by atoms with Crippen molar-refractivity contribution in [1.82, 2.24) is 0 Å². The molecule has 5 nitrogen and oxygen atoms in total. The van der Waals surface area contributed by atoms with E-state index in [1.165, 1.54) is 13.8 Å². The van der Waals surface area contributed by atoms with E-state index in [0.29, 0.717) is 30.6 Å². The van der Waals surface area contributed by atoms with Crippen LogP contribution in [-0.4, -0.2) is 34.9 Å². The van der Waals surface area contributed by atoms with Gasteiger partial charge in [0.1, 0.15) is 23.1 Å². The van der Waals surface area contributed by atoms with Crippen molar-refractivity contribution in [3.05, 3.63) is 0 Å². The number of hydrogen-bond acceptors (Lipinski definition) is 5. The van der Waals surface area contributed by atoms with Crippen molar-refractivity contribution < 1.29 is 24.2 Å². The van der Waals surface area contributed by atoms with Crippen LogP contribution < -0.4 is 0 Å². The molecule has 0 heterocycles. The summed E-state index contributed by atoms with van der Waals surface area (Å²) in [4.78, 5) is 36.7. The third-order valence-electron chi connectivity index (χ3n) is 8.86. The monoisotopic (exact) mass is 376 g/mol. The Balaban J connectivity index is 1.62. The maximum absolute atomic E-state index is 12.7. The molecule has 4 aliphatic rings. The number of esters is 1. The maximum atomic E-state index is 12.7. The molecule has 4 rings (SSSR count). The second-order valence-corrected chi connectivity index (χ2v) is 9.80. The lowest BCUT2D eigenvalue weighted by Gasteiger charge is -2.61. The lowest BCUT2D eigenvalue weighted by atomic mass is 9.44. The van der Waals surface area contributed by atoms with Gasteiger partial charge < -0.3 is 9.84 Å². The van der Waals surface area contributed by atoms with Crippen LogP contribution in [0.4, 0.5) is 0 Å². The van der Waals surface area contributed by atoms with Crippen LogP contribution in [0.3, 0.4) is 0 Å². The molecule has 150 valence electrons. The van der Waals surface area contributed by atoms with Gasteiger partial charge in [0.15, 0.2) is 0 Å². The van der Waals surface area contributed by atoms with E-state index in [2.05, 4.69) is 6.92 Å². The summed E-state index contributed by atoms with van der Waals surface area (Å²) in [7, 11) is 0. The predicted molar refractivity (Wildman–Crippen MR) is 98.7 cm³/mol. The summed E-state index contributed by atoms with van der Waals surface area (Å²) in [6.07, 6.45) is 5.71. The van der Waals surface area contributed by atoms with Gasteiger partial charge in [-0.1, -0.05) is 6.92 Å². The summed E-state index contributed by atoms with van der Waals surface area (Å²) in [5.74, 6) is 0.791. The smallest absolute Gasteiger partial charge is 0.302 e. The average molecular weight is 376 g/mol. The van der Waals surface area contributed by atoms with Gasteiger partial charge in [-0.2, -0.15) is 0 Å². The zero-order valence-electron chi connectivity index (χ0n) is 16.7. The van der Waals surface area contributed by atoms with Crippen molar-refractivity contribution >= 4 is 17.5 Å². The average Bonchev–Trinajstić information content (AvgIpc) is 2.95. The molecular formula is C22H32O5. The Kier molecular flexibility index (Phi) is 4.53. The molecule has 4 aliphatic carbocycles. The lowest BCUT2D eigenvalue weighted by molar-refractivity contribution is -0.181. The fraction of sp³-hybridized carbons (Fsp3) is 0.864. The summed E-state index contributed by atoms with van der Waals surface area (Å²) in [6, 6.07) is 0. The molecule has 1 N–H and O–H groups in total. The summed E-state index contributed by atoms with van der Waals surface area (Å²) in [5, 5.41) is 11.1. The highest BCUT2D eigenvalue weighted by molar-refractivity contribution is 6.08. The summed E-state index contributed by atoms with van der Waals surface area (Å²) < 4.78 is 5.50. The lowest BCUT2D eigenvalue weighted by Crippen LogP contribution is -2.61. The molecule has 27 heavy (non-hydrogen) atoms. The number of aliphatic hydroxyl groups excluding tert-OH is 1. The van der Waals surface area contributed by atoms with Crippen LogP contribution in [0.1, 0.15) is 72.1 Å². The molecule has 5 heteroatoms. The van der Waals surface area contributed by atoms with Crippen LogP contribution in [0.25, 0.3) is 0 Å². The number of ether oxygens (including phenoxy) is 1. The van der Waals surface area contributed by atoms with Crippen LogP contribution in [0.15, 0.2) is 0 Å². The largest absolute Gasteiger partial charge is 0.463 e. The Hall–Kier alpha value is -1.23. The van der Waals surface area contributed by atoms with E-state index in [1.54, 1.807) is 0 Å². The highest BCUT2D eigenvalue weighted by Crippen LogP contribution is 2.65. The molecule has 0 aromatic carbocycles. The number of ketones is 2. The van der Waals surface area contributed by atoms with E-state index in [-0.39, 0.29) is 35.0 Å². The van der Waals surface area contributed by atoms with Gasteiger partial charge in [-0.3, -0.25) is 14.4 Å². The second-order valence-electron chi connectivity index (χ2n) is 9.80. The van der Waals surface area contributed by atoms with Gasteiger partial charge in [0, 0.05) is 13.3 Å². The Morgan fingerprint density at radius 1 is 1.07 bits per heavy atom. The van der Waals surface area contributed by atoms with Crippen LogP contribution in [0, 0.1) is 34.5 Å². The number of carbonyl (C=O) groups is 3. The standard InChI is InChI=1S/C22H32O5/c1-12(23)22-17(6-7-19(22)25)16-5-4-14-10-15(27-13(2)24)8-9-21(14,3)18(16)11-20(22)26/h14-18,20,26H,4-11H2,1-3H3. The second kappa shape index (κ2) is 6.40. The normalized spacial score (nSPS) is 49.0. The zero-order valence-corrected chi connectivity index (χ0v) is 16.7. The number of fused-ring (bicyclic) bond motifs is 5. The molecule has 8 unspecified atom stereocenters. The molecule has 8 atom stereocenters. The maximum Gasteiger partial charge on any atom is 0.302 e. The number of carbonyl (C=O) groups excluding carboxylic acids is 3. The van der Waals surface area contributed by atoms with Crippen LogP contribution in [-0.2, 0) is 19.1 Å². The SMILES string of the molecule is CC(=O)OC1CCC2(C)C(CCC3C2CC(O)C2(C(C)=O)C(=O)CCC32)C1. The fourth-order valence-electron chi connectivity index (χ4n) is 7.70. The van der Waals surface area contributed by atoms with E-state index in [9.17, 15) is 19.5 Å². The molecule has 0 amide bonds. The van der Waals surface area contributed by atoms with Gasteiger partial charge in [-0.15, -0.1) is 0 Å². The van der Waals surface area contributed by atoms with Gasteiger partial charge >= 0.3 is 5.97 Å². The van der Waals surface area contributed by atoms with Crippen molar-refractivity contribution in [2.24, 2.45) is 34.5 Å². The first-order valence-electron chi connectivity index (χ1n) is 10.6. The minimum atomic E-state index is -1.14. The third-order valence-corrected chi connectivity index (χ3v) is 8.86. The molecule has 0 aromatic heterocycles. The first-order chi connectivity index (χ1) is 12.7. The fourth-order valence-corrected chi connectivity index (χ4v) is 7.70. The van der Waals surface area contributed by atoms with E-state index >= 15 is 0 Å². The summed E-state index contributed by atoms with van der Waals surface area (Å²) in [6.45, 7) is 5.31. The van der Waals surface area contributed by atoms with Gasteiger partial charge in [0.25, 0.3) is 0 Å². The quantitative estimate of drug-likeness (QED) is 0.592. The van der Waals surface area contributed by atoms with Gasteiger partial charge in [0.2, 0.25) is 0 Å². The third kappa shape index (κ3) is 2.56. The van der Waals surface area contributed by atoms with Crippen molar-refractivity contribution in [3.63, 3.8) is 0 Å². The van der Waals surface area contributed by atoms with E-state index in [1.807, 2.05) is 0 Å². The van der Waals surface area contributed by atoms with Crippen molar-refractivity contribution in [3.8, 4) is 0 Å². The van der Waals surface area contributed by atoms with E-state index < -0.39 is 11.5 Å². The van der Waals surface area contributed by atoms with Crippen LogP contribution >= 0.6 is 0 Å². The molecule has 0 bridgehead atoms. The van der Waals surface area contributed by atoms with Crippen molar-refractivity contribution in [2.45, 2.75) is 84.3 Å². The first-order valence-corrected chi connectivity index (χ1v) is 10.6. The van der Waals surface area contributed by atoms with Gasteiger partial charge in [-0.25, -0.2) is 0 Å². The summed E-state index contributed by atoms with van der Waals surface area (Å²) in [5.41, 5.74) is -1.05.